The summed E-state index contributed by atoms with van der Waals surface area (Å²) in [6, 6.07) is 4.67. The van der Waals surface area contributed by atoms with Gasteiger partial charge in [0.1, 0.15) is 5.69 Å². The quantitative estimate of drug-likeness (QED) is 0.510. The van der Waals surface area contributed by atoms with Crippen molar-refractivity contribution in [3.05, 3.63) is 46.3 Å². The summed E-state index contributed by atoms with van der Waals surface area (Å²) in [6.45, 7) is 0. The third-order valence-corrected chi connectivity index (χ3v) is 2.91. The van der Waals surface area contributed by atoms with E-state index >= 15 is 0 Å². The molecule has 0 amide bonds. The summed E-state index contributed by atoms with van der Waals surface area (Å²) >= 11 is 2.16. The number of pyridine rings is 2. The molecule has 0 saturated heterocycles. The Hall–Kier alpha value is -1.97. The van der Waals surface area contributed by atoms with Crippen LogP contribution in [0.25, 0.3) is 17.1 Å². The Bertz CT molecular complexity index is 711. The summed E-state index contributed by atoms with van der Waals surface area (Å²) in [6.07, 6.45) is 4.73. The van der Waals surface area contributed by atoms with E-state index in [2.05, 4.69) is 48.0 Å². The molecule has 19 heavy (non-hydrogen) atoms. The average Bonchev–Trinajstić information content (AvgIpc) is 2.89. The molecule has 0 spiro atoms. The molecule has 3 aromatic rings. The Labute approximate surface area is 120 Å². The predicted octanol–water partition coefficient (Wildman–Crippen LogP) is 1.86. The SMILES string of the molecule is Fc1ccc(-n2nnc(-c3cncc(I)c3)n2)cn1. The molecule has 0 aliphatic carbocycles. The number of halogens is 2. The van der Waals surface area contributed by atoms with Crippen LogP contribution in [0.2, 0.25) is 0 Å². The van der Waals surface area contributed by atoms with Crippen LogP contribution in [0.5, 0.6) is 0 Å². The van der Waals surface area contributed by atoms with Gasteiger partial charge in [0, 0.05) is 21.5 Å². The lowest BCUT2D eigenvalue weighted by molar-refractivity contribution is 0.580. The van der Waals surface area contributed by atoms with Gasteiger partial charge in [0.2, 0.25) is 11.8 Å². The van der Waals surface area contributed by atoms with Gasteiger partial charge in [0.15, 0.2) is 0 Å². The van der Waals surface area contributed by atoms with E-state index in [9.17, 15) is 4.39 Å². The molecule has 0 radical (unpaired) electrons. The molecule has 8 heteroatoms. The van der Waals surface area contributed by atoms with Gasteiger partial charge in [-0.1, -0.05) is 0 Å². The van der Waals surface area contributed by atoms with E-state index in [0.717, 1.165) is 9.13 Å². The monoisotopic (exact) mass is 368 g/mol. The van der Waals surface area contributed by atoms with Crippen LogP contribution >= 0.6 is 22.6 Å². The molecular formula is C11H6FIN6. The van der Waals surface area contributed by atoms with E-state index in [4.69, 9.17) is 0 Å². The lowest BCUT2D eigenvalue weighted by Crippen LogP contribution is -2.00. The lowest BCUT2D eigenvalue weighted by atomic mass is 10.3. The molecule has 6 nitrogen and oxygen atoms in total. The van der Waals surface area contributed by atoms with E-state index in [1.807, 2.05) is 6.07 Å². The average molecular weight is 368 g/mol. The standard InChI is InChI=1S/C11H6FIN6/c12-10-2-1-9(6-15-10)19-17-11(16-18-19)7-3-8(13)5-14-4-7/h1-6H. The molecule has 0 unspecified atom stereocenters. The van der Waals surface area contributed by atoms with Crippen molar-refractivity contribution in [1.29, 1.82) is 0 Å². The maximum atomic E-state index is 12.7. The molecule has 0 atom stereocenters. The van der Waals surface area contributed by atoms with Crippen molar-refractivity contribution in [3.63, 3.8) is 0 Å². The van der Waals surface area contributed by atoms with E-state index in [1.54, 1.807) is 12.4 Å². The van der Waals surface area contributed by atoms with Gasteiger partial charge in [-0.15, -0.1) is 15.0 Å². The first-order valence-corrected chi connectivity index (χ1v) is 6.33. The molecule has 0 saturated carbocycles. The minimum Gasteiger partial charge on any atom is -0.263 e. The highest BCUT2D eigenvalue weighted by atomic mass is 127. The highest BCUT2D eigenvalue weighted by Gasteiger charge is 2.08. The first-order valence-electron chi connectivity index (χ1n) is 5.25. The molecule has 3 heterocycles. The lowest BCUT2D eigenvalue weighted by Gasteiger charge is -1.96. The zero-order chi connectivity index (χ0) is 13.2. The maximum absolute atomic E-state index is 12.7. The van der Waals surface area contributed by atoms with Gasteiger partial charge in [-0.25, -0.2) is 4.98 Å². The highest BCUT2D eigenvalue weighted by Crippen LogP contribution is 2.15. The van der Waals surface area contributed by atoms with Gasteiger partial charge in [0.05, 0.1) is 6.20 Å². The molecule has 0 aliphatic rings. The molecule has 0 bridgehead atoms. The first-order chi connectivity index (χ1) is 9.22. The number of hydrogen-bond donors (Lipinski definition) is 0. The number of tetrazole rings is 1. The molecule has 3 aromatic heterocycles. The van der Waals surface area contributed by atoms with E-state index < -0.39 is 5.95 Å². The Morgan fingerprint density at radius 1 is 1.16 bits per heavy atom. The molecule has 0 aliphatic heterocycles. The van der Waals surface area contributed by atoms with Crippen molar-refractivity contribution in [1.82, 2.24) is 30.2 Å². The fraction of sp³-hybridized carbons (Fsp3) is 0. The van der Waals surface area contributed by atoms with Crippen LogP contribution in [0, 0.1) is 9.52 Å². The van der Waals surface area contributed by atoms with Crippen molar-refractivity contribution in [2.75, 3.05) is 0 Å². The van der Waals surface area contributed by atoms with Crippen LogP contribution < -0.4 is 0 Å². The summed E-state index contributed by atoms with van der Waals surface area (Å²) in [7, 11) is 0. The number of nitrogens with zero attached hydrogens (tertiary/aromatic N) is 6. The highest BCUT2D eigenvalue weighted by molar-refractivity contribution is 14.1. The van der Waals surface area contributed by atoms with E-state index in [0.29, 0.717) is 11.5 Å². The summed E-state index contributed by atoms with van der Waals surface area (Å²) in [5.74, 6) is -0.0961. The maximum Gasteiger partial charge on any atom is 0.212 e. The van der Waals surface area contributed by atoms with E-state index in [1.165, 1.54) is 23.1 Å². The van der Waals surface area contributed by atoms with Crippen molar-refractivity contribution in [2.24, 2.45) is 0 Å². The Kier molecular flexibility index (Phi) is 3.15. The molecular weight excluding hydrogens is 362 g/mol. The number of rotatable bonds is 2. The Morgan fingerprint density at radius 2 is 2.05 bits per heavy atom. The smallest absolute Gasteiger partial charge is 0.212 e. The second-order valence-corrected chi connectivity index (χ2v) is 4.88. The third-order valence-electron chi connectivity index (χ3n) is 2.32. The molecule has 0 aromatic carbocycles. The molecule has 3 rings (SSSR count). The topological polar surface area (TPSA) is 69.4 Å². The molecule has 94 valence electrons. The number of hydrogen-bond acceptors (Lipinski definition) is 5. The second kappa shape index (κ2) is 4.96. The van der Waals surface area contributed by atoms with Crippen molar-refractivity contribution >= 4 is 22.6 Å². The molecule has 0 fully saturated rings. The van der Waals surface area contributed by atoms with Crippen LogP contribution in [-0.2, 0) is 0 Å². The van der Waals surface area contributed by atoms with E-state index in [-0.39, 0.29) is 0 Å². The van der Waals surface area contributed by atoms with Crippen LogP contribution in [0.1, 0.15) is 0 Å². The van der Waals surface area contributed by atoms with Crippen LogP contribution in [0.4, 0.5) is 4.39 Å². The van der Waals surface area contributed by atoms with Gasteiger partial charge in [-0.05, 0) is 46.0 Å². The minimum atomic E-state index is -0.550. The Balaban J connectivity index is 1.97. The largest absolute Gasteiger partial charge is 0.263 e. The third kappa shape index (κ3) is 2.57. The summed E-state index contributed by atoms with van der Waals surface area (Å²) in [5, 5.41) is 12.1. The summed E-state index contributed by atoms with van der Waals surface area (Å²) in [5.41, 5.74) is 1.31. The van der Waals surface area contributed by atoms with Gasteiger partial charge in [0.25, 0.3) is 0 Å². The van der Waals surface area contributed by atoms with Crippen molar-refractivity contribution < 1.29 is 4.39 Å². The van der Waals surface area contributed by atoms with Gasteiger partial charge in [-0.3, -0.25) is 4.98 Å². The number of aromatic nitrogens is 6. The Morgan fingerprint density at radius 3 is 2.79 bits per heavy atom. The zero-order valence-corrected chi connectivity index (χ0v) is 11.6. The van der Waals surface area contributed by atoms with Crippen molar-refractivity contribution in [3.8, 4) is 17.1 Å². The normalized spacial score (nSPS) is 10.6. The van der Waals surface area contributed by atoms with Crippen LogP contribution in [0.15, 0.2) is 36.8 Å². The minimum absolute atomic E-state index is 0.454. The van der Waals surface area contributed by atoms with Gasteiger partial charge in [-0.2, -0.15) is 4.39 Å². The fourth-order valence-corrected chi connectivity index (χ4v) is 1.96. The van der Waals surface area contributed by atoms with Crippen LogP contribution in [0.3, 0.4) is 0 Å². The van der Waals surface area contributed by atoms with Crippen molar-refractivity contribution in [2.45, 2.75) is 0 Å². The van der Waals surface area contributed by atoms with Gasteiger partial charge < -0.3 is 0 Å². The molecule has 0 N–H and O–H groups in total. The summed E-state index contributed by atoms with van der Waals surface area (Å²) in [4.78, 5) is 8.90. The summed E-state index contributed by atoms with van der Waals surface area (Å²) < 4.78 is 13.7. The zero-order valence-electron chi connectivity index (χ0n) is 9.40. The second-order valence-electron chi connectivity index (χ2n) is 3.63. The first kappa shape index (κ1) is 12.1. The van der Waals surface area contributed by atoms with Crippen LogP contribution in [-0.4, -0.2) is 30.2 Å². The fourth-order valence-electron chi connectivity index (χ4n) is 1.46. The van der Waals surface area contributed by atoms with Gasteiger partial charge >= 0.3 is 0 Å². The predicted molar refractivity (Wildman–Crippen MR) is 72.9 cm³/mol.